The first kappa shape index (κ1) is 46.3. The number of alkyl halides is 4. The van der Waals surface area contributed by atoms with Gasteiger partial charge in [-0.3, -0.25) is 24.0 Å². The first-order valence-corrected chi connectivity index (χ1v) is 23.1. The molecule has 4 amide bonds. The first-order chi connectivity index (χ1) is 29.7. The van der Waals surface area contributed by atoms with Gasteiger partial charge >= 0.3 is 12.3 Å². The van der Waals surface area contributed by atoms with Crippen LogP contribution < -0.4 is 19.7 Å². The number of fused-ring (bicyclic) bond motifs is 3. The molecule has 346 valence electrons. The molecule has 2 aromatic rings. The maximum Gasteiger partial charge on any atom is 0.411 e. The van der Waals surface area contributed by atoms with Gasteiger partial charge in [0.15, 0.2) is 0 Å². The molecule has 3 aliphatic heterocycles. The van der Waals surface area contributed by atoms with E-state index in [9.17, 15) is 45.5 Å². The van der Waals surface area contributed by atoms with Crippen molar-refractivity contribution in [2.45, 2.75) is 119 Å². The van der Waals surface area contributed by atoms with Crippen molar-refractivity contribution in [3.8, 4) is 5.88 Å². The molecule has 4 fully saturated rings. The number of nitrogens with zero attached hydrogens (tertiary/aromatic N) is 4. The number of benzene rings is 1. The summed E-state index contributed by atoms with van der Waals surface area (Å²) in [6.45, 7) is 5.61. The Hall–Kier alpha value is -4.72. The molecule has 20 heteroatoms. The van der Waals surface area contributed by atoms with E-state index in [0.29, 0.717) is 58.4 Å². The number of amides is 4. The third-order valence-electron chi connectivity index (χ3n) is 13.7. The Balaban J connectivity index is 1.29. The van der Waals surface area contributed by atoms with E-state index in [4.69, 9.17) is 9.47 Å². The molecule has 5 aliphatic rings. The molecule has 0 bridgehead atoms. The number of anilines is 1. The number of carbonyl (C=O) groups excluding carboxylic acids is 3. The number of carboxylic acid groups (broad SMARTS) is 1. The van der Waals surface area contributed by atoms with Crippen molar-refractivity contribution in [2.75, 3.05) is 44.4 Å². The van der Waals surface area contributed by atoms with Gasteiger partial charge in [0.25, 0.3) is 5.91 Å². The molecule has 2 saturated heterocycles. The Morgan fingerprint density at radius 1 is 1.11 bits per heavy atom. The van der Waals surface area contributed by atoms with E-state index in [1.54, 1.807) is 37.4 Å². The number of halogens is 4. The van der Waals surface area contributed by atoms with Gasteiger partial charge in [0.2, 0.25) is 27.7 Å². The van der Waals surface area contributed by atoms with Crippen LogP contribution in [0.25, 0.3) is 10.8 Å². The van der Waals surface area contributed by atoms with E-state index >= 15 is 4.79 Å². The fourth-order valence-electron chi connectivity index (χ4n) is 9.38. The lowest BCUT2D eigenvalue weighted by Crippen LogP contribution is -2.66. The number of pyridine rings is 1. The average molecular weight is 909 g/mol. The van der Waals surface area contributed by atoms with E-state index in [2.05, 4.69) is 15.2 Å². The third kappa shape index (κ3) is 8.77. The predicted octanol–water partition coefficient (Wildman–Crippen LogP) is 5.33. The Kier molecular flexibility index (Phi) is 12.7. The van der Waals surface area contributed by atoms with E-state index in [-0.39, 0.29) is 61.8 Å². The van der Waals surface area contributed by atoms with E-state index in [0.717, 1.165) is 16.0 Å². The van der Waals surface area contributed by atoms with Crippen molar-refractivity contribution in [1.82, 2.24) is 24.8 Å². The van der Waals surface area contributed by atoms with Gasteiger partial charge in [-0.05, 0) is 70.3 Å². The summed E-state index contributed by atoms with van der Waals surface area (Å²) in [6, 6.07) is 3.89. The predicted molar refractivity (Wildman–Crippen MR) is 223 cm³/mol. The molecule has 0 spiro atoms. The molecule has 7 atom stereocenters. The molecule has 63 heavy (non-hydrogen) atoms. The molecular formula is C43H56F4N6O9S. The third-order valence-corrected chi connectivity index (χ3v) is 15.8. The van der Waals surface area contributed by atoms with Crippen LogP contribution in [-0.4, -0.2) is 132 Å². The number of rotatable bonds is 10. The normalized spacial score (nSPS) is 29.1. The highest BCUT2D eigenvalue weighted by Gasteiger charge is 2.64. The Bertz CT molecular complexity index is 2230. The Morgan fingerprint density at radius 3 is 2.41 bits per heavy atom. The molecule has 3 N–H and O–H groups in total. The number of carbonyl (C=O) groups is 4. The van der Waals surface area contributed by atoms with E-state index in [1.807, 2.05) is 23.8 Å². The highest BCUT2D eigenvalue weighted by atomic mass is 32.2. The molecule has 7 rings (SSSR count). The summed E-state index contributed by atoms with van der Waals surface area (Å²) in [5.74, 6) is -4.76. The molecule has 1 aromatic carbocycles. The lowest BCUT2D eigenvalue weighted by molar-refractivity contribution is -0.222. The van der Waals surface area contributed by atoms with Crippen molar-refractivity contribution in [1.29, 1.82) is 0 Å². The zero-order valence-corrected chi connectivity index (χ0v) is 36.6. The molecule has 4 heterocycles. The van der Waals surface area contributed by atoms with Gasteiger partial charge in [0.1, 0.15) is 40.7 Å². The molecule has 1 aromatic heterocycles. The standard InChI is InChI=1S/C43H56F4N6O9S/c1-5-27-20-26(2)10-6-7-11-28-22-42(28,38(56)50-63(59,60)41(25-44)14-15-41)49-35(54)32-21-29(24-52(32)37(55)34(27)53(39(57)58)40(3,4)43(45,46)47)62-36-31-13-9-8-12-30(31)33(23-48-36)51-16-18-61-19-17-51/h7-9,11-13,23,26-29,32,34H,5-6,10,14-22,24-25H2,1-4H3,(H,49,54)(H,50,56)(H,57,58)/t26-,27-,28-,29-,32+,34+,42-/m1/s1. The summed E-state index contributed by atoms with van der Waals surface area (Å²) in [4.78, 5) is 65.1. The smallest absolute Gasteiger partial charge is 0.411 e. The van der Waals surface area contributed by atoms with Crippen LogP contribution >= 0.6 is 0 Å². The number of nitrogens with one attached hydrogen (secondary N) is 2. The van der Waals surface area contributed by atoms with Crippen LogP contribution in [0.1, 0.15) is 79.1 Å². The van der Waals surface area contributed by atoms with Crippen LogP contribution in [0.2, 0.25) is 0 Å². The second kappa shape index (κ2) is 17.3. The fourth-order valence-corrected chi connectivity index (χ4v) is 10.8. The summed E-state index contributed by atoms with van der Waals surface area (Å²) < 4.78 is 97.4. The maximum atomic E-state index is 15.3. The summed E-state index contributed by atoms with van der Waals surface area (Å²) in [7, 11) is -4.51. The maximum absolute atomic E-state index is 15.3. The van der Waals surface area contributed by atoms with Gasteiger partial charge in [-0.1, -0.05) is 50.6 Å². The van der Waals surface area contributed by atoms with Gasteiger partial charge in [-0.25, -0.2) is 22.6 Å². The minimum Gasteiger partial charge on any atom is -0.472 e. The molecular weight excluding hydrogens is 853 g/mol. The van der Waals surface area contributed by atoms with Crippen molar-refractivity contribution in [3.63, 3.8) is 0 Å². The number of morpholine rings is 1. The summed E-state index contributed by atoms with van der Waals surface area (Å²) >= 11 is 0. The first-order valence-electron chi connectivity index (χ1n) is 21.6. The summed E-state index contributed by atoms with van der Waals surface area (Å²) in [6.07, 6.45) is -2.10. The largest absolute Gasteiger partial charge is 0.472 e. The molecule has 2 aliphatic carbocycles. The fraction of sp³-hybridized carbons (Fsp3) is 0.651. The van der Waals surface area contributed by atoms with Crippen LogP contribution in [0, 0.1) is 17.8 Å². The van der Waals surface area contributed by atoms with Crippen molar-refractivity contribution < 1.29 is 59.7 Å². The Labute approximate surface area is 363 Å². The van der Waals surface area contributed by atoms with Crippen molar-refractivity contribution in [2.24, 2.45) is 17.8 Å². The van der Waals surface area contributed by atoms with Gasteiger partial charge < -0.3 is 29.7 Å². The number of aromatic nitrogens is 1. The van der Waals surface area contributed by atoms with Crippen LogP contribution in [0.15, 0.2) is 42.6 Å². The molecule has 0 unspecified atom stereocenters. The number of hydrogen-bond acceptors (Lipinski definition) is 10. The van der Waals surface area contributed by atoms with E-state index in [1.165, 1.54) is 0 Å². The number of hydrogen-bond donors (Lipinski definition) is 3. The second-order valence-corrected chi connectivity index (χ2v) is 20.3. The van der Waals surface area contributed by atoms with Crippen molar-refractivity contribution >= 4 is 50.3 Å². The number of sulfonamides is 1. The van der Waals surface area contributed by atoms with Gasteiger partial charge in [0.05, 0.1) is 31.6 Å². The van der Waals surface area contributed by atoms with Crippen molar-refractivity contribution in [3.05, 3.63) is 42.6 Å². The second-order valence-electron chi connectivity index (χ2n) is 18.3. The van der Waals surface area contributed by atoms with Crippen LogP contribution in [-0.2, 0) is 29.1 Å². The van der Waals surface area contributed by atoms with Crippen LogP contribution in [0.3, 0.4) is 0 Å². The quantitative estimate of drug-likeness (QED) is 0.207. The van der Waals surface area contributed by atoms with Crippen LogP contribution in [0.4, 0.5) is 28.0 Å². The summed E-state index contributed by atoms with van der Waals surface area (Å²) in [5, 5.41) is 14.7. The van der Waals surface area contributed by atoms with Crippen LogP contribution in [0.5, 0.6) is 5.88 Å². The van der Waals surface area contributed by atoms with E-state index < -0.39 is 92.5 Å². The molecule has 0 radical (unpaired) electrons. The average Bonchev–Trinajstić information content (AvgIpc) is 4.14. The SMILES string of the molecule is CC[C@@H]1C[C@H](C)CCC=C[C@@H]2C[C@@]2(C(=O)NS(=O)(=O)C2(CF)CC2)NC(=O)[C@@H]2C[C@@H](Oc3ncc(N4CCOCC4)c4ccccc34)CN2C(=O)[C@H]1N(C(=O)O)C(C)(C)C(F)(F)F. The Morgan fingerprint density at radius 2 is 1.79 bits per heavy atom. The summed E-state index contributed by atoms with van der Waals surface area (Å²) in [5.41, 5.74) is -4.07. The zero-order valence-electron chi connectivity index (χ0n) is 35.8. The molecule has 2 saturated carbocycles. The zero-order chi connectivity index (χ0) is 45.7. The lowest BCUT2D eigenvalue weighted by atomic mass is 9.82. The van der Waals surface area contributed by atoms with Gasteiger partial charge in [-0.15, -0.1) is 0 Å². The number of allylic oxidation sites excluding steroid dienone is 1. The minimum atomic E-state index is -5.12. The van der Waals surface area contributed by atoms with Gasteiger partial charge in [-0.2, -0.15) is 13.2 Å². The van der Waals surface area contributed by atoms with Gasteiger partial charge in [0, 0.05) is 36.2 Å². The number of ether oxygens (including phenoxy) is 2. The molecule has 15 nitrogen and oxygen atoms in total. The lowest BCUT2D eigenvalue weighted by Gasteiger charge is -2.46. The monoisotopic (exact) mass is 908 g/mol. The highest BCUT2D eigenvalue weighted by Crippen LogP contribution is 2.48. The minimum absolute atomic E-state index is 0.00599. The highest BCUT2D eigenvalue weighted by molar-refractivity contribution is 7.91. The topological polar surface area (TPSA) is 188 Å².